The molecule has 1 fully saturated rings. The number of halogens is 1. The van der Waals surface area contributed by atoms with Crippen LogP contribution < -0.4 is 14.8 Å². The van der Waals surface area contributed by atoms with E-state index < -0.39 is 0 Å². The van der Waals surface area contributed by atoms with E-state index in [1.54, 1.807) is 18.3 Å². The lowest BCUT2D eigenvalue weighted by atomic mass is 9.98. The van der Waals surface area contributed by atoms with Crippen molar-refractivity contribution < 1.29 is 14.3 Å². The minimum atomic E-state index is -0.0106. The minimum absolute atomic E-state index is 0.0106. The molecule has 8 heteroatoms. The summed E-state index contributed by atoms with van der Waals surface area (Å²) < 4.78 is 11.2. The number of methoxy groups -OCH3 is 1. The second kappa shape index (κ2) is 10.8. The highest BCUT2D eigenvalue weighted by atomic mass is 35.5. The van der Waals surface area contributed by atoms with Gasteiger partial charge >= 0.3 is 0 Å². The Balaban J connectivity index is 1.53. The molecule has 0 spiro atoms. The monoisotopic (exact) mass is 480 g/mol. The van der Waals surface area contributed by atoms with Crippen molar-refractivity contribution in [3.63, 3.8) is 0 Å². The third-order valence-electron chi connectivity index (χ3n) is 6.02. The summed E-state index contributed by atoms with van der Waals surface area (Å²) in [5.74, 6) is 1.33. The van der Waals surface area contributed by atoms with Gasteiger partial charge in [-0.1, -0.05) is 24.6 Å². The first-order chi connectivity index (χ1) is 16.5. The average Bonchev–Trinajstić information content (AvgIpc) is 2.85. The number of ether oxygens (including phenoxy) is 2. The molecular weight excluding hydrogens is 452 g/mol. The van der Waals surface area contributed by atoms with Gasteiger partial charge in [-0.05, 0) is 63.2 Å². The zero-order chi connectivity index (χ0) is 24.1. The Kier molecular flexibility index (Phi) is 7.65. The molecule has 1 saturated heterocycles. The molecule has 0 saturated carbocycles. The van der Waals surface area contributed by atoms with Crippen molar-refractivity contribution in [3.8, 4) is 28.6 Å². The molecule has 178 valence electrons. The highest BCUT2D eigenvalue weighted by molar-refractivity contribution is 6.30. The van der Waals surface area contributed by atoms with Crippen LogP contribution in [-0.4, -0.2) is 54.1 Å². The number of nitrogens with zero attached hydrogens (tertiary/aromatic N) is 3. The molecule has 0 radical (unpaired) electrons. The molecule has 7 nitrogen and oxygen atoms in total. The first-order valence-electron chi connectivity index (χ1n) is 11.4. The zero-order valence-corrected chi connectivity index (χ0v) is 20.4. The maximum absolute atomic E-state index is 13.0. The van der Waals surface area contributed by atoms with Crippen LogP contribution in [0.4, 0.5) is 0 Å². The van der Waals surface area contributed by atoms with Crippen molar-refractivity contribution in [3.05, 3.63) is 64.9 Å². The maximum atomic E-state index is 13.0. The molecule has 34 heavy (non-hydrogen) atoms. The molecule has 3 heterocycles. The average molecular weight is 481 g/mol. The largest absolute Gasteiger partial charge is 0.478 e. The van der Waals surface area contributed by atoms with Crippen LogP contribution in [0.3, 0.4) is 0 Å². The predicted molar refractivity (Wildman–Crippen MR) is 133 cm³/mol. The summed E-state index contributed by atoms with van der Waals surface area (Å²) in [6.07, 6.45) is 5.88. The molecule has 0 atom stereocenters. The lowest BCUT2D eigenvalue weighted by Crippen LogP contribution is -2.43. The van der Waals surface area contributed by atoms with Gasteiger partial charge in [0.1, 0.15) is 5.75 Å². The van der Waals surface area contributed by atoms with Gasteiger partial charge in [0.25, 0.3) is 11.8 Å². The van der Waals surface area contributed by atoms with Crippen molar-refractivity contribution in [2.45, 2.75) is 32.2 Å². The van der Waals surface area contributed by atoms with Crippen LogP contribution >= 0.6 is 11.6 Å². The number of benzene rings is 1. The molecule has 1 aromatic carbocycles. The van der Waals surface area contributed by atoms with Gasteiger partial charge in [-0.25, -0.2) is 4.98 Å². The molecule has 3 aromatic rings. The van der Waals surface area contributed by atoms with Crippen LogP contribution in [0.15, 0.2) is 48.8 Å². The second-order valence-electron chi connectivity index (χ2n) is 8.42. The van der Waals surface area contributed by atoms with E-state index in [2.05, 4.69) is 34.2 Å². The number of aromatic nitrogens is 2. The fourth-order valence-corrected chi connectivity index (χ4v) is 4.23. The number of hydrogen-bond donors (Lipinski definition) is 1. The molecule has 2 aromatic heterocycles. The minimum Gasteiger partial charge on any atom is -0.478 e. The van der Waals surface area contributed by atoms with E-state index in [9.17, 15) is 4.79 Å². The van der Waals surface area contributed by atoms with Gasteiger partial charge in [0.2, 0.25) is 0 Å². The number of hydrogen-bond acceptors (Lipinski definition) is 6. The molecule has 1 aliphatic heterocycles. The third kappa shape index (κ3) is 5.66. The van der Waals surface area contributed by atoms with E-state index in [1.807, 2.05) is 24.3 Å². The van der Waals surface area contributed by atoms with Crippen molar-refractivity contribution >= 4 is 17.5 Å². The van der Waals surface area contributed by atoms with Crippen molar-refractivity contribution in [2.75, 3.05) is 27.2 Å². The van der Waals surface area contributed by atoms with E-state index >= 15 is 0 Å². The molecule has 0 bridgehead atoms. The normalized spacial score (nSPS) is 14.6. The summed E-state index contributed by atoms with van der Waals surface area (Å²) in [4.78, 5) is 23.9. The summed E-state index contributed by atoms with van der Waals surface area (Å²) in [7, 11) is 3.64. The van der Waals surface area contributed by atoms with Gasteiger partial charge in [0.05, 0.1) is 17.8 Å². The first-order valence-corrected chi connectivity index (χ1v) is 11.8. The molecule has 1 aliphatic rings. The number of carbonyl (C=O) groups excluding carboxylic acids is 1. The highest BCUT2D eigenvalue weighted by Crippen LogP contribution is 2.33. The van der Waals surface area contributed by atoms with Gasteiger partial charge in [0.15, 0.2) is 5.75 Å². The number of likely N-dealkylation sites (tertiary alicyclic amines) is 1. The Morgan fingerprint density at radius 3 is 2.71 bits per heavy atom. The molecule has 0 unspecified atom stereocenters. The van der Waals surface area contributed by atoms with Crippen LogP contribution in [0.5, 0.6) is 17.4 Å². The van der Waals surface area contributed by atoms with Crippen LogP contribution in [-0.2, 0) is 6.42 Å². The number of rotatable bonds is 7. The van der Waals surface area contributed by atoms with Crippen molar-refractivity contribution in [1.29, 1.82) is 0 Å². The fraction of sp³-hybridized carbons (Fsp3) is 0.346. The van der Waals surface area contributed by atoms with E-state index in [1.165, 1.54) is 13.3 Å². The van der Waals surface area contributed by atoms with E-state index in [4.69, 9.17) is 21.1 Å². The Morgan fingerprint density at radius 1 is 1.18 bits per heavy atom. The molecular formula is C26H29ClN4O3. The summed E-state index contributed by atoms with van der Waals surface area (Å²) in [6, 6.07) is 11.3. The quantitative estimate of drug-likeness (QED) is 0.513. The Hall–Kier alpha value is -3.16. The van der Waals surface area contributed by atoms with Crippen LogP contribution in [0.2, 0.25) is 5.02 Å². The summed E-state index contributed by atoms with van der Waals surface area (Å²) in [5, 5.41) is 3.66. The highest BCUT2D eigenvalue weighted by Gasteiger charge is 2.20. The zero-order valence-electron chi connectivity index (χ0n) is 19.7. The van der Waals surface area contributed by atoms with Crippen molar-refractivity contribution in [2.24, 2.45) is 0 Å². The van der Waals surface area contributed by atoms with Gasteiger partial charge < -0.3 is 19.7 Å². The van der Waals surface area contributed by atoms with Gasteiger partial charge in [-0.15, -0.1) is 0 Å². The Morgan fingerprint density at radius 2 is 1.97 bits per heavy atom. The topological polar surface area (TPSA) is 76.6 Å². The standard InChI is InChI=1S/C26H29ClN4O3/c1-4-17-13-18(5-6-22(17)25(32)30-20-8-11-31(2)12-9-20)23-15-21(7-10-28-23)34-24-14-19(27)16-29-26(24)33-3/h5-7,10,13-16,20H,4,8-9,11-12H2,1-3H3,(H,30,32). The molecule has 4 rings (SSSR count). The number of piperidine rings is 1. The van der Waals surface area contributed by atoms with Gasteiger partial charge in [0, 0.05) is 41.7 Å². The lowest BCUT2D eigenvalue weighted by molar-refractivity contribution is 0.0916. The number of nitrogens with one attached hydrogen (secondary N) is 1. The second-order valence-corrected chi connectivity index (χ2v) is 8.85. The lowest BCUT2D eigenvalue weighted by Gasteiger charge is -2.29. The number of amides is 1. The van der Waals surface area contributed by atoms with E-state index in [0.29, 0.717) is 28.0 Å². The Labute approximate surface area is 205 Å². The van der Waals surface area contributed by atoms with Crippen LogP contribution in [0.25, 0.3) is 11.3 Å². The SMILES string of the molecule is CCc1cc(-c2cc(Oc3cc(Cl)cnc3OC)ccn2)ccc1C(=O)NC1CCN(C)CC1. The van der Waals surface area contributed by atoms with Crippen LogP contribution in [0, 0.1) is 0 Å². The predicted octanol–water partition coefficient (Wildman–Crippen LogP) is 4.98. The number of pyridine rings is 2. The van der Waals surface area contributed by atoms with Crippen molar-refractivity contribution in [1.82, 2.24) is 20.2 Å². The first kappa shape index (κ1) is 24.0. The molecule has 1 N–H and O–H groups in total. The van der Waals surface area contributed by atoms with E-state index in [-0.39, 0.29) is 11.9 Å². The molecule has 1 amide bonds. The third-order valence-corrected chi connectivity index (χ3v) is 6.22. The number of aryl methyl sites for hydroxylation is 1. The smallest absolute Gasteiger partial charge is 0.257 e. The number of carbonyl (C=O) groups is 1. The summed E-state index contributed by atoms with van der Waals surface area (Å²) in [5.41, 5.74) is 3.35. The van der Waals surface area contributed by atoms with Crippen LogP contribution in [0.1, 0.15) is 35.7 Å². The van der Waals surface area contributed by atoms with Gasteiger partial charge in [-0.2, -0.15) is 0 Å². The fourth-order valence-electron chi connectivity index (χ4n) is 4.08. The molecule has 0 aliphatic carbocycles. The summed E-state index contributed by atoms with van der Waals surface area (Å²) >= 11 is 6.06. The van der Waals surface area contributed by atoms with Gasteiger partial charge in [-0.3, -0.25) is 9.78 Å². The Bertz CT molecular complexity index is 1160. The van der Waals surface area contributed by atoms with E-state index in [0.717, 1.165) is 49.2 Å². The maximum Gasteiger partial charge on any atom is 0.257 e. The summed E-state index contributed by atoms with van der Waals surface area (Å²) in [6.45, 7) is 4.06.